The second-order valence-corrected chi connectivity index (χ2v) is 8.45. The molecule has 0 spiro atoms. The minimum absolute atomic E-state index is 0.113. The first-order valence-corrected chi connectivity index (χ1v) is 11.4. The Balaban J connectivity index is 1.61. The summed E-state index contributed by atoms with van der Waals surface area (Å²) in [6.45, 7) is 0.180. The second kappa shape index (κ2) is 8.80. The molecule has 0 radical (unpaired) electrons. The van der Waals surface area contributed by atoms with E-state index in [9.17, 15) is 9.18 Å². The first-order valence-electron chi connectivity index (χ1n) is 9.17. The summed E-state index contributed by atoms with van der Waals surface area (Å²) >= 11 is 3.24. The van der Waals surface area contributed by atoms with Crippen molar-refractivity contribution in [2.24, 2.45) is 0 Å². The Bertz CT molecular complexity index is 1110. The van der Waals surface area contributed by atoms with Crippen LogP contribution < -0.4 is 5.32 Å². The SMILES string of the molecule is CSCc1nc2ccccc2n1CC(=O)N[C@H](c1ccc(F)cc1)c1cccs1. The molecule has 1 amide bonds. The van der Waals surface area contributed by atoms with Crippen LogP contribution in [-0.2, 0) is 17.1 Å². The van der Waals surface area contributed by atoms with Gasteiger partial charge in [0.2, 0.25) is 5.91 Å². The number of amides is 1. The minimum Gasteiger partial charge on any atom is -0.343 e. The number of rotatable bonds is 7. The molecule has 0 saturated carbocycles. The van der Waals surface area contributed by atoms with E-state index in [2.05, 4.69) is 10.3 Å². The molecule has 2 aromatic carbocycles. The Labute approximate surface area is 176 Å². The molecule has 0 aliphatic rings. The summed E-state index contributed by atoms with van der Waals surface area (Å²) in [5.74, 6) is 1.20. The molecule has 0 fully saturated rings. The average molecular weight is 426 g/mol. The van der Waals surface area contributed by atoms with E-state index in [1.54, 1.807) is 35.2 Å². The number of halogens is 1. The van der Waals surface area contributed by atoms with Crippen molar-refractivity contribution < 1.29 is 9.18 Å². The summed E-state index contributed by atoms with van der Waals surface area (Å²) in [6, 6.07) is 17.7. The number of benzene rings is 2. The average Bonchev–Trinajstić information content (AvgIpc) is 3.36. The van der Waals surface area contributed by atoms with Gasteiger partial charge in [-0.3, -0.25) is 4.79 Å². The van der Waals surface area contributed by atoms with Crippen LogP contribution in [0.15, 0.2) is 66.0 Å². The van der Waals surface area contributed by atoms with Crippen molar-refractivity contribution in [3.05, 3.63) is 88.1 Å². The molecular formula is C22H20FN3OS2. The number of para-hydroxylation sites is 2. The van der Waals surface area contributed by atoms with Crippen LogP contribution in [0.3, 0.4) is 0 Å². The first-order chi connectivity index (χ1) is 14.2. The molecule has 4 rings (SSSR count). The number of hydrogen-bond donors (Lipinski definition) is 1. The van der Waals surface area contributed by atoms with Gasteiger partial charge < -0.3 is 9.88 Å². The number of carbonyl (C=O) groups is 1. The van der Waals surface area contributed by atoms with Gasteiger partial charge in [0.15, 0.2) is 0 Å². The third kappa shape index (κ3) is 4.36. The Kier molecular flexibility index (Phi) is 5.97. The smallest absolute Gasteiger partial charge is 0.240 e. The van der Waals surface area contributed by atoms with Gasteiger partial charge in [-0.15, -0.1) is 11.3 Å². The number of aromatic nitrogens is 2. The maximum atomic E-state index is 13.4. The highest BCUT2D eigenvalue weighted by Crippen LogP contribution is 2.26. The Morgan fingerprint density at radius 3 is 2.69 bits per heavy atom. The van der Waals surface area contributed by atoms with Crippen molar-refractivity contribution in [3.8, 4) is 0 Å². The highest BCUT2D eigenvalue weighted by Gasteiger charge is 2.20. The molecule has 0 aliphatic heterocycles. The topological polar surface area (TPSA) is 46.9 Å². The largest absolute Gasteiger partial charge is 0.343 e. The zero-order valence-corrected chi connectivity index (χ0v) is 17.5. The van der Waals surface area contributed by atoms with Gasteiger partial charge in [0.1, 0.15) is 18.2 Å². The summed E-state index contributed by atoms with van der Waals surface area (Å²) in [7, 11) is 0. The van der Waals surface area contributed by atoms with Crippen LogP contribution in [-0.4, -0.2) is 21.7 Å². The van der Waals surface area contributed by atoms with Gasteiger partial charge in [0.25, 0.3) is 0 Å². The lowest BCUT2D eigenvalue weighted by atomic mass is 10.1. The predicted molar refractivity (Wildman–Crippen MR) is 118 cm³/mol. The summed E-state index contributed by atoms with van der Waals surface area (Å²) in [5.41, 5.74) is 2.68. The zero-order chi connectivity index (χ0) is 20.2. The van der Waals surface area contributed by atoms with Crippen molar-refractivity contribution >= 4 is 40.0 Å². The summed E-state index contributed by atoms with van der Waals surface area (Å²) in [5, 5.41) is 5.09. The maximum Gasteiger partial charge on any atom is 0.240 e. The van der Waals surface area contributed by atoms with Crippen molar-refractivity contribution in [2.45, 2.75) is 18.3 Å². The molecule has 29 heavy (non-hydrogen) atoms. The lowest BCUT2D eigenvalue weighted by molar-refractivity contribution is -0.122. The van der Waals surface area contributed by atoms with Crippen LogP contribution in [0.1, 0.15) is 22.3 Å². The third-order valence-electron chi connectivity index (χ3n) is 4.65. The maximum absolute atomic E-state index is 13.4. The standard InChI is InChI=1S/C22H20FN3OS2/c1-28-14-20-24-17-5-2-3-6-18(17)26(20)13-21(27)25-22(19-7-4-12-29-19)15-8-10-16(23)11-9-15/h2-12,22H,13-14H2,1H3,(H,25,27)/t22-/m1/s1. The molecule has 148 valence electrons. The van der Waals surface area contributed by atoms with Gasteiger partial charge in [0.05, 0.1) is 22.8 Å². The number of thiophene rings is 1. The van der Waals surface area contributed by atoms with Crippen LogP contribution in [0.2, 0.25) is 0 Å². The molecule has 4 nitrogen and oxygen atoms in total. The number of imidazole rings is 1. The van der Waals surface area contributed by atoms with Gasteiger partial charge in [-0.05, 0) is 47.5 Å². The van der Waals surface area contributed by atoms with Gasteiger partial charge in [-0.1, -0.05) is 30.3 Å². The van der Waals surface area contributed by atoms with E-state index in [-0.39, 0.29) is 24.3 Å². The number of nitrogens with one attached hydrogen (secondary N) is 1. The molecular weight excluding hydrogens is 405 g/mol. The van der Waals surface area contributed by atoms with Gasteiger partial charge in [0, 0.05) is 4.88 Å². The molecule has 2 heterocycles. The summed E-state index contributed by atoms with van der Waals surface area (Å²) in [4.78, 5) is 18.7. The molecule has 2 aromatic heterocycles. The van der Waals surface area contributed by atoms with E-state index in [1.165, 1.54) is 12.1 Å². The van der Waals surface area contributed by atoms with Gasteiger partial charge in [-0.2, -0.15) is 11.8 Å². The molecule has 4 aromatic rings. The molecule has 7 heteroatoms. The first kappa shape index (κ1) is 19.7. The molecule has 0 aliphatic carbocycles. The van der Waals surface area contributed by atoms with Crippen LogP contribution in [0.4, 0.5) is 4.39 Å². The molecule has 0 bridgehead atoms. The Morgan fingerprint density at radius 2 is 1.97 bits per heavy atom. The summed E-state index contributed by atoms with van der Waals surface area (Å²) < 4.78 is 15.3. The number of fused-ring (bicyclic) bond motifs is 1. The van der Waals surface area contributed by atoms with E-state index >= 15 is 0 Å². The van der Waals surface area contributed by atoms with Crippen LogP contribution in [0.5, 0.6) is 0 Å². The zero-order valence-electron chi connectivity index (χ0n) is 15.8. The van der Waals surface area contributed by atoms with Crippen molar-refractivity contribution in [2.75, 3.05) is 6.26 Å². The van der Waals surface area contributed by atoms with Crippen molar-refractivity contribution in [1.82, 2.24) is 14.9 Å². The van der Waals surface area contributed by atoms with Crippen molar-refractivity contribution in [1.29, 1.82) is 0 Å². The van der Waals surface area contributed by atoms with Crippen LogP contribution in [0.25, 0.3) is 11.0 Å². The van der Waals surface area contributed by atoms with Crippen LogP contribution in [0, 0.1) is 5.82 Å². The second-order valence-electron chi connectivity index (χ2n) is 6.60. The highest BCUT2D eigenvalue weighted by molar-refractivity contribution is 7.97. The molecule has 0 unspecified atom stereocenters. The predicted octanol–water partition coefficient (Wildman–Crippen LogP) is 5.01. The number of thioether (sulfide) groups is 1. The fourth-order valence-corrected chi connectivity index (χ4v) is 4.60. The Morgan fingerprint density at radius 1 is 1.17 bits per heavy atom. The lowest BCUT2D eigenvalue weighted by Gasteiger charge is -2.19. The monoisotopic (exact) mass is 425 g/mol. The fourth-order valence-electron chi connectivity index (χ4n) is 3.32. The van der Waals surface area contributed by atoms with E-state index in [0.29, 0.717) is 0 Å². The number of nitrogens with zero attached hydrogens (tertiary/aromatic N) is 2. The summed E-state index contributed by atoms with van der Waals surface area (Å²) in [6.07, 6.45) is 2.02. The number of carbonyl (C=O) groups excluding carboxylic acids is 1. The van der Waals surface area contributed by atoms with E-state index in [0.717, 1.165) is 33.1 Å². The van der Waals surface area contributed by atoms with Crippen LogP contribution >= 0.6 is 23.1 Å². The Hall–Kier alpha value is -2.64. The lowest BCUT2D eigenvalue weighted by Crippen LogP contribution is -2.32. The molecule has 0 saturated heterocycles. The molecule has 1 N–H and O–H groups in total. The fraction of sp³-hybridized carbons (Fsp3) is 0.182. The van der Waals surface area contributed by atoms with E-state index < -0.39 is 0 Å². The highest BCUT2D eigenvalue weighted by atomic mass is 32.2. The van der Waals surface area contributed by atoms with E-state index in [4.69, 9.17) is 0 Å². The quantitative estimate of drug-likeness (QED) is 0.453. The van der Waals surface area contributed by atoms with Gasteiger partial charge in [-0.25, -0.2) is 9.37 Å². The van der Waals surface area contributed by atoms with Gasteiger partial charge >= 0.3 is 0 Å². The third-order valence-corrected chi connectivity index (χ3v) is 6.13. The normalized spacial score (nSPS) is 12.2. The molecule has 1 atom stereocenters. The van der Waals surface area contributed by atoms with E-state index in [1.807, 2.05) is 52.6 Å². The minimum atomic E-state index is -0.318. The van der Waals surface area contributed by atoms with Crippen molar-refractivity contribution in [3.63, 3.8) is 0 Å². The number of hydrogen-bond acceptors (Lipinski definition) is 4.